The van der Waals surface area contributed by atoms with Gasteiger partial charge in [-0.3, -0.25) is 4.89 Å². The zero-order valence-electron chi connectivity index (χ0n) is 12.4. The van der Waals surface area contributed by atoms with Gasteiger partial charge < -0.3 is 0 Å². The summed E-state index contributed by atoms with van der Waals surface area (Å²) in [6.45, 7) is 6.29. The van der Waals surface area contributed by atoms with Crippen molar-refractivity contribution in [3.05, 3.63) is 35.9 Å². The van der Waals surface area contributed by atoms with E-state index in [9.17, 15) is 4.79 Å². The first-order chi connectivity index (χ1) is 9.42. The topological polar surface area (TPSA) is 35.5 Å². The van der Waals surface area contributed by atoms with Gasteiger partial charge in [-0.1, -0.05) is 53.9 Å². The summed E-state index contributed by atoms with van der Waals surface area (Å²) in [7, 11) is 0. The highest BCUT2D eigenvalue weighted by molar-refractivity contribution is 9.10. The molecule has 3 nitrogen and oxygen atoms in total. The minimum Gasteiger partial charge on any atom is -0.293 e. The molecule has 0 aliphatic carbocycles. The van der Waals surface area contributed by atoms with E-state index in [1.54, 1.807) is 24.3 Å². The highest BCUT2D eigenvalue weighted by Gasteiger charge is 2.23. The number of alkyl halides is 1. The van der Waals surface area contributed by atoms with Crippen LogP contribution in [0.25, 0.3) is 0 Å². The molecule has 0 fully saturated rings. The molecule has 0 aliphatic heterocycles. The molecule has 1 unspecified atom stereocenters. The molecule has 0 saturated carbocycles. The second-order valence-electron chi connectivity index (χ2n) is 5.52. The Morgan fingerprint density at radius 2 is 1.95 bits per heavy atom. The van der Waals surface area contributed by atoms with E-state index in [0.29, 0.717) is 5.56 Å². The first kappa shape index (κ1) is 17.2. The maximum Gasteiger partial charge on any atom is 0.373 e. The number of hydrogen-bond donors (Lipinski definition) is 0. The molecule has 112 valence electrons. The zero-order chi connectivity index (χ0) is 15.0. The van der Waals surface area contributed by atoms with Crippen LogP contribution in [0.3, 0.4) is 0 Å². The van der Waals surface area contributed by atoms with Crippen molar-refractivity contribution >= 4 is 21.9 Å². The van der Waals surface area contributed by atoms with E-state index >= 15 is 0 Å². The molecule has 0 amide bonds. The van der Waals surface area contributed by atoms with Crippen molar-refractivity contribution in [2.45, 2.75) is 56.9 Å². The summed E-state index contributed by atoms with van der Waals surface area (Å²) in [4.78, 5) is 22.2. The lowest BCUT2D eigenvalue weighted by atomic mass is 10.0. The molecule has 1 atom stereocenters. The molecule has 0 aromatic heterocycles. The molecule has 0 saturated heterocycles. The van der Waals surface area contributed by atoms with Gasteiger partial charge in [0.15, 0.2) is 0 Å². The Morgan fingerprint density at radius 1 is 1.30 bits per heavy atom. The predicted molar refractivity (Wildman–Crippen MR) is 83.9 cm³/mol. The van der Waals surface area contributed by atoms with Gasteiger partial charge in [0, 0.05) is 4.32 Å². The number of halogens is 1. The van der Waals surface area contributed by atoms with Crippen LogP contribution >= 0.6 is 15.9 Å². The van der Waals surface area contributed by atoms with Crippen LogP contribution in [-0.4, -0.2) is 16.4 Å². The SMILES string of the molecule is CCCCC(CC(C)(C)Br)OOC(=O)c1ccccc1. The molecule has 0 bridgehead atoms. The van der Waals surface area contributed by atoms with Gasteiger partial charge >= 0.3 is 5.97 Å². The quantitative estimate of drug-likeness (QED) is 0.383. The van der Waals surface area contributed by atoms with Crippen LogP contribution in [0.2, 0.25) is 0 Å². The van der Waals surface area contributed by atoms with Crippen LogP contribution in [0, 0.1) is 0 Å². The monoisotopic (exact) mass is 342 g/mol. The van der Waals surface area contributed by atoms with E-state index in [1.165, 1.54) is 0 Å². The van der Waals surface area contributed by atoms with Gasteiger partial charge in [0.25, 0.3) is 0 Å². The standard InChI is InChI=1S/C16H23BrO3/c1-4-5-11-14(12-16(2,3)17)19-20-15(18)13-9-7-6-8-10-13/h6-10,14H,4-5,11-12H2,1-3H3. The van der Waals surface area contributed by atoms with E-state index in [-0.39, 0.29) is 10.4 Å². The average Bonchev–Trinajstić information content (AvgIpc) is 2.41. The molecule has 0 radical (unpaired) electrons. The predicted octanol–water partition coefficient (Wildman–Crippen LogP) is 4.90. The molecule has 1 aromatic carbocycles. The summed E-state index contributed by atoms with van der Waals surface area (Å²) in [5, 5.41) is 0. The average molecular weight is 343 g/mol. The normalized spacial score (nSPS) is 13.0. The minimum atomic E-state index is -0.445. The van der Waals surface area contributed by atoms with E-state index < -0.39 is 5.97 Å². The Labute approximate surface area is 129 Å². The van der Waals surface area contributed by atoms with Crippen LogP contribution < -0.4 is 0 Å². The van der Waals surface area contributed by atoms with Gasteiger partial charge in [-0.15, -0.1) is 0 Å². The van der Waals surface area contributed by atoms with Gasteiger partial charge in [-0.2, -0.15) is 4.89 Å². The number of rotatable bonds is 8. The van der Waals surface area contributed by atoms with Gasteiger partial charge in [0.2, 0.25) is 0 Å². The third-order valence-corrected chi connectivity index (χ3v) is 3.19. The van der Waals surface area contributed by atoms with Crippen LogP contribution in [0.5, 0.6) is 0 Å². The summed E-state index contributed by atoms with van der Waals surface area (Å²) in [6.07, 6.45) is 3.73. The smallest absolute Gasteiger partial charge is 0.293 e. The number of benzene rings is 1. The molecular weight excluding hydrogens is 320 g/mol. The summed E-state index contributed by atoms with van der Waals surface area (Å²) >= 11 is 3.60. The highest BCUT2D eigenvalue weighted by atomic mass is 79.9. The summed E-state index contributed by atoms with van der Waals surface area (Å²) in [6, 6.07) is 8.87. The number of unbranched alkanes of at least 4 members (excludes halogenated alkanes) is 1. The molecular formula is C16H23BrO3. The molecule has 20 heavy (non-hydrogen) atoms. The molecule has 1 rings (SSSR count). The van der Waals surface area contributed by atoms with E-state index in [1.807, 2.05) is 6.07 Å². The van der Waals surface area contributed by atoms with Crippen molar-refractivity contribution in [2.24, 2.45) is 0 Å². The lowest BCUT2D eigenvalue weighted by molar-refractivity contribution is -0.277. The fraction of sp³-hybridized carbons (Fsp3) is 0.562. The number of carbonyl (C=O) groups excluding carboxylic acids is 1. The number of carbonyl (C=O) groups is 1. The van der Waals surface area contributed by atoms with Gasteiger partial charge in [-0.25, -0.2) is 4.79 Å². The number of hydrogen-bond acceptors (Lipinski definition) is 3. The van der Waals surface area contributed by atoms with Crippen LogP contribution in [0.4, 0.5) is 0 Å². The molecule has 0 heterocycles. The lowest BCUT2D eigenvalue weighted by Crippen LogP contribution is -2.24. The van der Waals surface area contributed by atoms with Crippen LogP contribution in [-0.2, 0) is 9.78 Å². The zero-order valence-corrected chi connectivity index (χ0v) is 14.0. The molecule has 0 aliphatic rings. The Balaban J connectivity index is 2.50. The Morgan fingerprint density at radius 3 is 2.50 bits per heavy atom. The minimum absolute atomic E-state index is 0.0371. The third-order valence-electron chi connectivity index (χ3n) is 2.86. The molecule has 0 N–H and O–H groups in total. The second-order valence-corrected chi connectivity index (χ2v) is 7.67. The first-order valence-electron chi connectivity index (χ1n) is 7.04. The van der Waals surface area contributed by atoms with Crippen molar-refractivity contribution in [3.8, 4) is 0 Å². The van der Waals surface area contributed by atoms with Crippen molar-refractivity contribution in [3.63, 3.8) is 0 Å². The van der Waals surface area contributed by atoms with Crippen molar-refractivity contribution in [1.29, 1.82) is 0 Å². The Hall–Kier alpha value is -0.870. The molecule has 0 spiro atoms. The van der Waals surface area contributed by atoms with E-state index in [0.717, 1.165) is 25.7 Å². The van der Waals surface area contributed by atoms with Crippen LogP contribution in [0.1, 0.15) is 56.8 Å². The van der Waals surface area contributed by atoms with Crippen molar-refractivity contribution in [2.75, 3.05) is 0 Å². The summed E-state index contributed by atoms with van der Waals surface area (Å²) < 4.78 is -0.0371. The van der Waals surface area contributed by atoms with Gasteiger partial charge in [-0.05, 0) is 38.8 Å². The maximum absolute atomic E-state index is 11.8. The molecule has 1 aromatic rings. The first-order valence-corrected chi connectivity index (χ1v) is 7.83. The fourth-order valence-electron chi connectivity index (χ4n) is 1.89. The van der Waals surface area contributed by atoms with Crippen LogP contribution in [0.15, 0.2) is 30.3 Å². The van der Waals surface area contributed by atoms with E-state index in [4.69, 9.17) is 9.78 Å². The van der Waals surface area contributed by atoms with Gasteiger partial charge in [0.1, 0.15) is 6.10 Å². The second kappa shape index (κ2) is 8.42. The largest absolute Gasteiger partial charge is 0.373 e. The maximum atomic E-state index is 11.8. The summed E-state index contributed by atoms with van der Waals surface area (Å²) in [5.74, 6) is -0.445. The third kappa shape index (κ3) is 7.06. The Kier molecular flexibility index (Phi) is 7.24. The highest BCUT2D eigenvalue weighted by Crippen LogP contribution is 2.26. The van der Waals surface area contributed by atoms with Crippen molar-refractivity contribution < 1.29 is 14.6 Å². The summed E-state index contributed by atoms with van der Waals surface area (Å²) in [5.41, 5.74) is 0.500. The molecule has 4 heteroatoms. The van der Waals surface area contributed by atoms with E-state index in [2.05, 4.69) is 36.7 Å². The fourth-order valence-corrected chi connectivity index (χ4v) is 2.25. The van der Waals surface area contributed by atoms with Crippen molar-refractivity contribution in [1.82, 2.24) is 0 Å². The van der Waals surface area contributed by atoms with Gasteiger partial charge in [0.05, 0.1) is 5.56 Å². The Bertz CT molecular complexity index is 398. The lowest BCUT2D eigenvalue weighted by Gasteiger charge is -2.23.